The summed E-state index contributed by atoms with van der Waals surface area (Å²) in [5.41, 5.74) is 0.511. The number of para-hydroxylation sites is 1. The molecule has 98 valence electrons. The molecule has 1 unspecified atom stereocenters. The lowest BCUT2D eigenvalue weighted by Gasteiger charge is -2.23. The van der Waals surface area contributed by atoms with Crippen molar-refractivity contribution in [2.24, 2.45) is 0 Å². The summed E-state index contributed by atoms with van der Waals surface area (Å²) in [5, 5.41) is 4.49. The summed E-state index contributed by atoms with van der Waals surface area (Å²) in [5.74, 6) is 0. The quantitative estimate of drug-likeness (QED) is 0.510. The van der Waals surface area contributed by atoms with Gasteiger partial charge in [-0.15, -0.1) is 0 Å². The first kappa shape index (κ1) is 14.9. The van der Waals surface area contributed by atoms with E-state index in [0.717, 1.165) is 0 Å². The van der Waals surface area contributed by atoms with Crippen LogP contribution in [0.15, 0.2) is 30.3 Å². The van der Waals surface area contributed by atoms with Gasteiger partial charge in [0.25, 0.3) is 0 Å². The molecule has 0 spiro atoms. The van der Waals surface area contributed by atoms with Gasteiger partial charge in [-0.2, -0.15) is 0 Å². The van der Waals surface area contributed by atoms with Crippen LogP contribution in [0, 0.1) is 0 Å². The first-order valence-electron chi connectivity index (χ1n) is 4.72. The fourth-order valence-corrected chi connectivity index (χ4v) is 1.36. The second-order valence-electron chi connectivity index (χ2n) is 3.10. The number of ether oxygens (including phenoxy) is 1. The highest BCUT2D eigenvalue weighted by atomic mass is 35.6. The van der Waals surface area contributed by atoms with Gasteiger partial charge in [0.15, 0.2) is 0 Å². The number of carbonyl (C=O) groups is 2. The molecular weight excluding hydrogens is 302 g/mol. The molecule has 2 amide bonds. The predicted octanol–water partition coefficient (Wildman–Crippen LogP) is 2.68. The molecule has 2 N–H and O–H groups in total. The lowest BCUT2D eigenvalue weighted by Crippen LogP contribution is -2.44. The molecule has 0 aliphatic heterocycles. The molecule has 0 bridgehead atoms. The number of rotatable bonds is 4. The van der Waals surface area contributed by atoms with Gasteiger partial charge in [0.1, 0.15) is 0 Å². The van der Waals surface area contributed by atoms with Crippen molar-refractivity contribution in [3.05, 3.63) is 30.3 Å². The highest BCUT2D eigenvalue weighted by Gasteiger charge is 2.35. The molecule has 0 saturated carbocycles. The number of benzene rings is 1. The van der Waals surface area contributed by atoms with Crippen molar-refractivity contribution in [2.45, 2.75) is 10.0 Å². The molecule has 0 saturated heterocycles. The highest BCUT2D eigenvalue weighted by Crippen LogP contribution is 2.30. The average Bonchev–Trinajstić information content (AvgIpc) is 2.28. The predicted molar refractivity (Wildman–Crippen MR) is 69.8 cm³/mol. The molecule has 0 aliphatic rings. The Bertz CT molecular complexity index is 409. The van der Waals surface area contributed by atoms with Crippen molar-refractivity contribution >= 4 is 53.0 Å². The summed E-state index contributed by atoms with van der Waals surface area (Å²) in [6.45, 7) is 0. The van der Waals surface area contributed by atoms with E-state index in [1.807, 2.05) is 0 Å². The van der Waals surface area contributed by atoms with Crippen LogP contribution < -0.4 is 10.6 Å². The van der Waals surface area contributed by atoms with Crippen LogP contribution in [0.5, 0.6) is 0 Å². The Hall–Kier alpha value is -1.17. The van der Waals surface area contributed by atoms with E-state index < -0.39 is 16.1 Å². The SMILES string of the molecule is O=CNC(OC(=O)Nc1ccccc1)C(Cl)(Cl)Cl. The Morgan fingerprint density at radius 1 is 1.28 bits per heavy atom. The van der Waals surface area contributed by atoms with E-state index in [4.69, 9.17) is 39.5 Å². The monoisotopic (exact) mass is 310 g/mol. The molecular formula is C10H9Cl3N2O3. The second-order valence-corrected chi connectivity index (χ2v) is 5.47. The van der Waals surface area contributed by atoms with Crippen LogP contribution in [0.3, 0.4) is 0 Å². The topological polar surface area (TPSA) is 67.4 Å². The maximum absolute atomic E-state index is 11.5. The number of alkyl halides is 3. The van der Waals surface area contributed by atoms with Gasteiger partial charge in [-0.05, 0) is 12.1 Å². The lowest BCUT2D eigenvalue weighted by molar-refractivity contribution is -0.112. The third kappa shape index (κ3) is 5.00. The maximum atomic E-state index is 11.5. The molecule has 0 aliphatic carbocycles. The Morgan fingerprint density at radius 3 is 2.39 bits per heavy atom. The van der Waals surface area contributed by atoms with Gasteiger partial charge in [-0.25, -0.2) is 4.79 Å². The van der Waals surface area contributed by atoms with Crippen molar-refractivity contribution in [1.29, 1.82) is 0 Å². The van der Waals surface area contributed by atoms with Gasteiger partial charge in [-0.3, -0.25) is 10.1 Å². The van der Waals surface area contributed by atoms with Crippen molar-refractivity contribution in [3.8, 4) is 0 Å². The number of amides is 2. The summed E-state index contributed by atoms with van der Waals surface area (Å²) >= 11 is 16.6. The van der Waals surface area contributed by atoms with Gasteiger partial charge in [0.2, 0.25) is 16.4 Å². The summed E-state index contributed by atoms with van der Waals surface area (Å²) in [6.07, 6.45) is -1.97. The molecule has 18 heavy (non-hydrogen) atoms. The Labute approximate surface area is 118 Å². The Balaban J connectivity index is 2.59. The van der Waals surface area contributed by atoms with Crippen LogP contribution in [-0.4, -0.2) is 22.5 Å². The van der Waals surface area contributed by atoms with Crippen LogP contribution in [-0.2, 0) is 9.53 Å². The van der Waals surface area contributed by atoms with Crippen LogP contribution in [0.2, 0.25) is 0 Å². The zero-order valence-electron chi connectivity index (χ0n) is 8.90. The van der Waals surface area contributed by atoms with Crippen LogP contribution in [0.25, 0.3) is 0 Å². The van der Waals surface area contributed by atoms with E-state index in [0.29, 0.717) is 5.69 Å². The molecule has 1 atom stereocenters. The fraction of sp³-hybridized carbons (Fsp3) is 0.200. The number of halogens is 3. The number of hydrogen-bond donors (Lipinski definition) is 2. The molecule has 0 aromatic heterocycles. The van der Waals surface area contributed by atoms with E-state index in [-0.39, 0.29) is 6.41 Å². The van der Waals surface area contributed by atoms with E-state index in [2.05, 4.69) is 10.6 Å². The number of nitrogens with one attached hydrogen (secondary N) is 2. The largest absolute Gasteiger partial charge is 0.421 e. The van der Waals surface area contributed by atoms with E-state index >= 15 is 0 Å². The number of hydrogen-bond acceptors (Lipinski definition) is 3. The van der Waals surface area contributed by atoms with Gasteiger partial charge in [0, 0.05) is 5.69 Å². The molecule has 1 aromatic carbocycles. The smallest absolute Gasteiger partial charge is 0.413 e. The van der Waals surface area contributed by atoms with Gasteiger partial charge < -0.3 is 10.1 Å². The normalized spacial score (nSPS) is 12.4. The van der Waals surface area contributed by atoms with E-state index in [1.54, 1.807) is 30.3 Å². The van der Waals surface area contributed by atoms with Crippen LogP contribution in [0.4, 0.5) is 10.5 Å². The summed E-state index contributed by atoms with van der Waals surface area (Å²) < 4.78 is 2.81. The molecule has 8 heteroatoms. The summed E-state index contributed by atoms with van der Waals surface area (Å²) in [7, 11) is 0. The van der Waals surface area contributed by atoms with Crippen molar-refractivity contribution in [3.63, 3.8) is 0 Å². The van der Waals surface area contributed by atoms with Crippen molar-refractivity contribution in [1.82, 2.24) is 5.32 Å². The molecule has 0 heterocycles. The Kier molecular flexibility index (Phi) is 5.53. The van der Waals surface area contributed by atoms with Gasteiger partial charge >= 0.3 is 6.09 Å². The highest BCUT2D eigenvalue weighted by molar-refractivity contribution is 6.68. The molecule has 1 aromatic rings. The fourth-order valence-electron chi connectivity index (χ4n) is 1.03. The van der Waals surface area contributed by atoms with Crippen LogP contribution >= 0.6 is 34.8 Å². The standard InChI is InChI=1S/C10H9Cl3N2O3/c11-10(12,13)8(14-6-16)18-9(17)15-7-4-2-1-3-5-7/h1-6,8H,(H,14,16)(H,15,17). The summed E-state index contributed by atoms with van der Waals surface area (Å²) in [6, 6.07) is 8.55. The minimum atomic E-state index is -1.96. The lowest BCUT2D eigenvalue weighted by atomic mass is 10.3. The van der Waals surface area contributed by atoms with E-state index in [9.17, 15) is 9.59 Å². The first-order chi connectivity index (χ1) is 8.43. The Morgan fingerprint density at radius 2 is 1.89 bits per heavy atom. The minimum Gasteiger partial charge on any atom is -0.421 e. The zero-order valence-corrected chi connectivity index (χ0v) is 11.2. The number of carbonyl (C=O) groups excluding carboxylic acids is 2. The van der Waals surface area contributed by atoms with Crippen LogP contribution in [0.1, 0.15) is 0 Å². The van der Waals surface area contributed by atoms with E-state index in [1.165, 1.54) is 0 Å². The van der Waals surface area contributed by atoms with Crippen molar-refractivity contribution in [2.75, 3.05) is 5.32 Å². The summed E-state index contributed by atoms with van der Waals surface area (Å²) in [4.78, 5) is 21.8. The van der Waals surface area contributed by atoms with Gasteiger partial charge in [0.05, 0.1) is 0 Å². The minimum absolute atomic E-state index is 0.266. The molecule has 0 fully saturated rings. The molecule has 0 radical (unpaired) electrons. The molecule has 1 rings (SSSR count). The molecule has 5 nitrogen and oxygen atoms in total. The maximum Gasteiger partial charge on any atom is 0.413 e. The third-order valence-corrected chi connectivity index (χ3v) is 2.36. The first-order valence-corrected chi connectivity index (χ1v) is 5.86. The van der Waals surface area contributed by atoms with Gasteiger partial charge in [-0.1, -0.05) is 53.0 Å². The second kappa shape index (κ2) is 6.68. The van der Waals surface area contributed by atoms with Crippen molar-refractivity contribution < 1.29 is 14.3 Å². The average molecular weight is 312 g/mol. The number of anilines is 1. The zero-order chi connectivity index (χ0) is 13.6. The third-order valence-electron chi connectivity index (χ3n) is 1.76.